The van der Waals surface area contributed by atoms with Crippen LogP contribution in [-0.2, 0) is 32.7 Å². The second-order valence-electron chi connectivity index (χ2n) is 2.95. The number of nitrogens with one attached hydrogen (secondary N) is 2. The number of hydrogen-bond donors (Lipinski definition) is 2. The number of aromatic nitrogens is 3. The molecule has 0 unspecified atom stereocenters. The number of nitrogens with zero attached hydrogens (tertiary/aromatic N) is 2. The summed E-state index contributed by atoms with van der Waals surface area (Å²) in [7, 11) is 0. The Bertz CT molecular complexity index is 518. The van der Waals surface area contributed by atoms with Crippen LogP contribution in [-0.4, -0.2) is 15.0 Å². The Morgan fingerprint density at radius 3 is 2.86 bits per heavy atom. The van der Waals surface area contributed by atoms with Crippen LogP contribution in [0.5, 0.6) is 0 Å². The van der Waals surface area contributed by atoms with Gasteiger partial charge in [0.25, 0.3) is 0 Å². The van der Waals surface area contributed by atoms with Gasteiger partial charge in [0.15, 0.2) is 0 Å². The first kappa shape index (κ1) is 11.5. The van der Waals surface area contributed by atoms with Gasteiger partial charge in [-0.15, -0.1) is 0 Å². The van der Waals surface area contributed by atoms with Crippen LogP contribution in [0.2, 0.25) is 0 Å². The molecule has 2 N–H and O–H groups in total. The second-order valence-corrected chi connectivity index (χ2v) is 2.95. The molecule has 0 fully saturated rings. The molecule has 2 rings (SSSR count). The number of aryl methyl sites for hydroxylation is 2. The van der Waals surface area contributed by atoms with Crippen LogP contribution in [0.25, 0.3) is 10.9 Å². The summed E-state index contributed by atoms with van der Waals surface area (Å²) in [6, 6.07) is 0. The number of rotatable bonds is 0. The molecule has 69 valence electrons. The zero-order chi connectivity index (χ0) is 9.42. The molecular formula is C9H9N4Y-. The maximum absolute atomic E-state index is 7.53. The molecule has 0 aliphatic rings. The minimum absolute atomic E-state index is 0. The molecule has 0 saturated heterocycles. The molecular weight excluding hydrogens is 253 g/mol. The van der Waals surface area contributed by atoms with Gasteiger partial charge in [0.05, 0.1) is 0 Å². The Labute approximate surface area is 107 Å². The molecule has 0 spiro atoms. The largest absolute Gasteiger partial charge is 0.452 e. The van der Waals surface area contributed by atoms with Crippen molar-refractivity contribution >= 4 is 10.9 Å². The fraction of sp³-hybridized carbons (Fsp3) is 0.222. The van der Waals surface area contributed by atoms with Crippen LogP contribution >= 0.6 is 0 Å². The van der Waals surface area contributed by atoms with E-state index in [0.717, 1.165) is 22.2 Å². The average molecular weight is 262 g/mol. The van der Waals surface area contributed by atoms with Crippen molar-refractivity contribution in [2.24, 2.45) is 0 Å². The molecule has 5 heteroatoms. The van der Waals surface area contributed by atoms with Gasteiger partial charge >= 0.3 is 0 Å². The van der Waals surface area contributed by atoms with Gasteiger partial charge in [-0.1, -0.05) is 16.5 Å². The van der Waals surface area contributed by atoms with Gasteiger partial charge in [0.1, 0.15) is 0 Å². The van der Waals surface area contributed by atoms with Crippen molar-refractivity contribution in [2.45, 2.75) is 13.8 Å². The van der Waals surface area contributed by atoms with Gasteiger partial charge in [-0.05, 0) is 13.8 Å². The molecule has 0 aliphatic carbocycles. The molecule has 2 heterocycles. The van der Waals surface area contributed by atoms with E-state index in [1.54, 1.807) is 6.20 Å². The van der Waals surface area contributed by atoms with E-state index in [2.05, 4.69) is 21.3 Å². The number of aromatic amines is 1. The second kappa shape index (κ2) is 4.28. The molecule has 14 heavy (non-hydrogen) atoms. The summed E-state index contributed by atoms with van der Waals surface area (Å²) in [4.78, 5) is 10.8. The van der Waals surface area contributed by atoms with Crippen LogP contribution in [0.4, 0.5) is 0 Å². The predicted octanol–water partition coefficient (Wildman–Crippen LogP) is 0.852. The van der Waals surface area contributed by atoms with Crippen LogP contribution < -0.4 is 5.49 Å². The van der Waals surface area contributed by atoms with Gasteiger partial charge in [-0.25, -0.2) is 0 Å². The summed E-state index contributed by atoms with van der Waals surface area (Å²) in [6.45, 7) is 3.90. The minimum atomic E-state index is 0. The molecule has 4 nitrogen and oxygen atoms in total. The van der Waals surface area contributed by atoms with E-state index >= 15 is 0 Å². The summed E-state index contributed by atoms with van der Waals surface area (Å²) < 4.78 is 0. The molecule has 0 bridgehead atoms. The zero-order valence-corrected chi connectivity index (χ0v) is 10.9. The third kappa shape index (κ3) is 1.77. The number of fused-ring (bicyclic) bond motifs is 1. The maximum Gasteiger partial charge on any atom is 0.0416 e. The van der Waals surface area contributed by atoms with Crippen LogP contribution in [0.15, 0.2) is 6.20 Å². The van der Waals surface area contributed by atoms with E-state index in [4.69, 9.17) is 5.41 Å². The third-order valence-corrected chi connectivity index (χ3v) is 2.18. The Morgan fingerprint density at radius 2 is 2.14 bits per heavy atom. The SMILES string of the molecule is Cc1ncc2c(=N)n[c-][nH]c2c1C.[Y]. The van der Waals surface area contributed by atoms with E-state index in [1.807, 2.05) is 13.8 Å². The van der Waals surface area contributed by atoms with E-state index in [9.17, 15) is 0 Å². The Morgan fingerprint density at radius 1 is 1.43 bits per heavy atom. The zero-order valence-electron chi connectivity index (χ0n) is 8.05. The quantitative estimate of drug-likeness (QED) is 0.691. The summed E-state index contributed by atoms with van der Waals surface area (Å²) >= 11 is 0. The van der Waals surface area contributed by atoms with Gasteiger partial charge in [0.2, 0.25) is 0 Å². The summed E-state index contributed by atoms with van der Waals surface area (Å²) in [5.41, 5.74) is 3.12. The summed E-state index contributed by atoms with van der Waals surface area (Å²) in [5.74, 6) is 0. The molecule has 2 aromatic heterocycles. The molecule has 0 aromatic carbocycles. The molecule has 0 amide bonds. The molecule has 1 radical (unpaired) electrons. The van der Waals surface area contributed by atoms with Crippen molar-refractivity contribution in [1.82, 2.24) is 15.0 Å². The maximum atomic E-state index is 7.53. The Kier molecular flexibility index (Phi) is 3.50. The molecule has 2 aromatic rings. The van der Waals surface area contributed by atoms with Crippen molar-refractivity contribution in [3.05, 3.63) is 29.3 Å². The first-order valence-corrected chi connectivity index (χ1v) is 3.97. The normalized spacial score (nSPS) is 9.86. The Balaban J connectivity index is 0.000000980. The smallest absolute Gasteiger partial charge is 0.0416 e. The topological polar surface area (TPSA) is 65.4 Å². The first-order valence-electron chi connectivity index (χ1n) is 3.97. The van der Waals surface area contributed by atoms with Crippen molar-refractivity contribution in [3.8, 4) is 0 Å². The van der Waals surface area contributed by atoms with Crippen LogP contribution in [0.1, 0.15) is 11.3 Å². The number of hydrogen-bond acceptors (Lipinski definition) is 3. The van der Waals surface area contributed by atoms with Gasteiger partial charge in [-0.3, -0.25) is 4.98 Å². The number of H-pyrrole nitrogens is 1. The summed E-state index contributed by atoms with van der Waals surface area (Å²) in [6.07, 6.45) is 4.25. The van der Waals surface area contributed by atoms with Crippen molar-refractivity contribution in [1.29, 1.82) is 5.41 Å². The fourth-order valence-corrected chi connectivity index (χ4v) is 1.25. The van der Waals surface area contributed by atoms with Crippen LogP contribution in [0.3, 0.4) is 0 Å². The molecule has 0 saturated carbocycles. The molecule has 0 aliphatic heterocycles. The standard InChI is InChI=1S/C9H9N4.Y/c1-5-6(2)11-3-7-8(5)12-4-13-9(7)10;/h3H,1-2H3,(H2,10,12,13);/q-1;. The van der Waals surface area contributed by atoms with Gasteiger partial charge < -0.3 is 15.4 Å². The minimum Gasteiger partial charge on any atom is -0.452 e. The number of pyridine rings is 1. The monoisotopic (exact) mass is 262 g/mol. The van der Waals surface area contributed by atoms with E-state index < -0.39 is 0 Å². The third-order valence-electron chi connectivity index (χ3n) is 2.18. The van der Waals surface area contributed by atoms with Crippen LogP contribution in [0, 0.1) is 25.6 Å². The van der Waals surface area contributed by atoms with E-state index in [-0.39, 0.29) is 38.2 Å². The predicted molar refractivity (Wildman–Crippen MR) is 48.1 cm³/mol. The summed E-state index contributed by atoms with van der Waals surface area (Å²) in [5, 5.41) is 8.27. The van der Waals surface area contributed by atoms with Gasteiger partial charge in [0, 0.05) is 56.4 Å². The van der Waals surface area contributed by atoms with E-state index in [1.165, 1.54) is 0 Å². The average Bonchev–Trinajstić information content (AvgIpc) is 2.12. The molecule has 0 atom stereocenters. The first-order chi connectivity index (χ1) is 6.20. The van der Waals surface area contributed by atoms with Crippen molar-refractivity contribution in [2.75, 3.05) is 0 Å². The fourth-order valence-electron chi connectivity index (χ4n) is 1.25. The van der Waals surface area contributed by atoms with E-state index in [0.29, 0.717) is 0 Å². The van der Waals surface area contributed by atoms with Gasteiger partial charge in [-0.2, -0.15) is 0 Å². The van der Waals surface area contributed by atoms with Crippen molar-refractivity contribution < 1.29 is 32.7 Å². The van der Waals surface area contributed by atoms with Crippen molar-refractivity contribution in [3.63, 3.8) is 0 Å². The Hall–Kier alpha value is -0.606.